The normalized spacial score (nSPS) is 37.6. The zero-order valence-electron chi connectivity index (χ0n) is 10.0. The predicted molar refractivity (Wildman–Crippen MR) is 63.9 cm³/mol. The minimum Gasteiger partial charge on any atom is -0.426 e. The molecule has 3 atom stereocenters. The minimum absolute atomic E-state index is 0.0150. The summed E-state index contributed by atoms with van der Waals surface area (Å²) in [5, 5.41) is 0. The molecule has 2 fully saturated rings. The number of benzene rings is 1. The Morgan fingerprint density at radius 1 is 1.41 bits per heavy atom. The van der Waals surface area contributed by atoms with Crippen LogP contribution in [0.3, 0.4) is 0 Å². The summed E-state index contributed by atoms with van der Waals surface area (Å²) in [6, 6.07) is 6.37. The van der Waals surface area contributed by atoms with E-state index in [1.165, 1.54) is 30.4 Å². The quantitative estimate of drug-likeness (QED) is 0.504. The number of esters is 1. The molecule has 1 aromatic rings. The van der Waals surface area contributed by atoms with Gasteiger partial charge in [-0.1, -0.05) is 18.6 Å². The van der Waals surface area contributed by atoms with Crippen LogP contribution in [0.4, 0.5) is 0 Å². The van der Waals surface area contributed by atoms with Gasteiger partial charge in [0.25, 0.3) is 0 Å². The maximum atomic E-state index is 12.0. The van der Waals surface area contributed by atoms with E-state index in [9.17, 15) is 4.79 Å². The first kappa shape index (κ1) is 9.69. The first-order valence-corrected chi connectivity index (χ1v) is 6.54. The second-order valence-electron chi connectivity index (χ2n) is 5.84. The maximum Gasteiger partial charge on any atom is 0.315 e. The Kier molecular flexibility index (Phi) is 1.67. The Balaban J connectivity index is 1.94. The molecule has 1 aliphatic heterocycles. The summed E-state index contributed by atoms with van der Waals surface area (Å²) in [6.07, 6.45) is 4.78. The predicted octanol–water partition coefficient (Wildman–Crippen LogP) is 2.97. The molecule has 2 aliphatic carbocycles. The maximum absolute atomic E-state index is 12.0. The van der Waals surface area contributed by atoms with E-state index in [0.717, 1.165) is 18.1 Å². The third-order valence-electron chi connectivity index (χ3n) is 5.15. The number of fused-ring (bicyclic) bond motifs is 1. The van der Waals surface area contributed by atoms with Crippen LogP contribution in [0.15, 0.2) is 18.2 Å². The van der Waals surface area contributed by atoms with E-state index in [1.807, 2.05) is 13.0 Å². The van der Waals surface area contributed by atoms with Crippen molar-refractivity contribution in [2.45, 2.75) is 38.0 Å². The van der Waals surface area contributed by atoms with E-state index in [1.54, 1.807) is 0 Å². The Labute approximate surface area is 101 Å². The van der Waals surface area contributed by atoms with Crippen LogP contribution in [0.5, 0.6) is 5.75 Å². The van der Waals surface area contributed by atoms with Crippen molar-refractivity contribution >= 4 is 5.97 Å². The molecule has 1 heterocycles. The first-order chi connectivity index (χ1) is 8.22. The minimum atomic E-state index is 0.0150. The summed E-state index contributed by atoms with van der Waals surface area (Å²) >= 11 is 0. The molecule has 17 heavy (non-hydrogen) atoms. The van der Waals surface area contributed by atoms with Crippen molar-refractivity contribution in [3.8, 4) is 5.75 Å². The van der Waals surface area contributed by atoms with Gasteiger partial charge in [0.1, 0.15) is 5.75 Å². The highest BCUT2D eigenvalue weighted by Gasteiger charge is 2.64. The molecule has 3 aliphatic rings. The average molecular weight is 228 g/mol. The highest BCUT2D eigenvalue weighted by atomic mass is 16.5. The van der Waals surface area contributed by atoms with E-state index < -0.39 is 0 Å². The van der Waals surface area contributed by atoms with Gasteiger partial charge in [-0.05, 0) is 43.7 Å². The largest absolute Gasteiger partial charge is 0.426 e. The summed E-state index contributed by atoms with van der Waals surface area (Å²) in [4.78, 5) is 12.0. The average Bonchev–Trinajstić information content (AvgIpc) is 2.56. The summed E-state index contributed by atoms with van der Waals surface area (Å²) < 4.78 is 5.51. The molecular weight excluding hydrogens is 212 g/mol. The van der Waals surface area contributed by atoms with Crippen molar-refractivity contribution in [1.29, 1.82) is 0 Å². The number of ether oxygens (including phenoxy) is 1. The molecule has 0 bridgehead atoms. The van der Waals surface area contributed by atoms with Crippen molar-refractivity contribution in [2.24, 2.45) is 11.8 Å². The number of carbonyl (C=O) groups excluding carboxylic acids is 1. The van der Waals surface area contributed by atoms with Crippen molar-refractivity contribution in [2.75, 3.05) is 0 Å². The molecule has 4 rings (SSSR count). The Morgan fingerprint density at radius 3 is 3.12 bits per heavy atom. The van der Waals surface area contributed by atoms with Crippen LogP contribution in [0.1, 0.15) is 36.8 Å². The van der Waals surface area contributed by atoms with Gasteiger partial charge in [-0.15, -0.1) is 0 Å². The summed E-state index contributed by atoms with van der Waals surface area (Å²) in [5.74, 6) is 1.71. The molecule has 2 nitrogen and oxygen atoms in total. The molecule has 1 aromatic carbocycles. The fourth-order valence-corrected chi connectivity index (χ4v) is 4.35. The number of hydrogen-bond acceptors (Lipinski definition) is 2. The molecule has 1 spiro atoms. The molecule has 0 aromatic heterocycles. The molecule has 88 valence electrons. The Hall–Kier alpha value is -1.31. The standard InChI is InChI=1S/C15H16O2/c1-9-4-5-11-13(7-9)17-14(16)12-8-10-3-2-6-15(10,11)12/h4-5,7,10,12H,2-3,6,8H2,1H3. The molecule has 0 N–H and O–H groups in total. The van der Waals surface area contributed by atoms with Gasteiger partial charge in [0.2, 0.25) is 0 Å². The highest BCUT2D eigenvalue weighted by molar-refractivity contribution is 5.82. The lowest BCUT2D eigenvalue weighted by atomic mass is 9.50. The van der Waals surface area contributed by atoms with E-state index in [4.69, 9.17) is 4.74 Å². The lowest BCUT2D eigenvalue weighted by molar-refractivity contribution is -0.153. The molecule has 0 radical (unpaired) electrons. The second-order valence-corrected chi connectivity index (χ2v) is 5.84. The van der Waals surface area contributed by atoms with Crippen LogP contribution in [-0.4, -0.2) is 5.97 Å². The number of carbonyl (C=O) groups is 1. The molecule has 2 heteroatoms. The first-order valence-electron chi connectivity index (χ1n) is 6.54. The number of hydrogen-bond donors (Lipinski definition) is 0. The zero-order chi connectivity index (χ0) is 11.6. The van der Waals surface area contributed by atoms with Crippen molar-refractivity contribution in [3.63, 3.8) is 0 Å². The smallest absolute Gasteiger partial charge is 0.315 e. The summed E-state index contributed by atoms with van der Waals surface area (Å²) in [7, 11) is 0. The van der Waals surface area contributed by atoms with Crippen LogP contribution < -0.4 is 4.74 Å². The lowest BCUT2D eigenvalue weighted by Gasteiger charge is -2.54. The van der Waals surface area contributed by atoms with Gasteiger partial charge >= 0.3 is 5.97 Å². The monoisotopic (exact) mass is 228 g/mol. The van der Waals surface area contributed by atoms with E-state index in [2.05, 4.69) is 12.1 Å². The number of aryl methyl sites for hydroxylation is 1. The second kappa shape index (κ2) is 2.92. The van der Waals surface area contributed by atoms with Crippen LogP contribution in [0.25, 0.3) is 0 Å². The van der Waals surface area contributed by atoms with E-state index >= 15 is 0 Å². The molecule has 0 saturated heterocycles. The van der Waals surface area contributed by atoms with Gasteiger partial charge in [-0.25, -0.2) is 0 Å². The third-order valence-corrected chi connectivity index (χ3v) is 5.15. The summed E-state index contributed by atoms with van der Waals surface area (Å²) in [6.45, 7) is 2.05. The topological polar surface area (TPSA) is 26.3 Å². The van der Waals surface area contributed by atoms with Crippen LogP contribution in [0, 0.1) is 18.8 Å². The highest BCUT2D eigenvalue weighted by Crippen LogP contribution is 2.65. The molecule has 0 amide bonds. The molecule has 3 unspecified atom stereocenters. The zero-order valence-corrected chi connectivity index (χ0v) is 10.0. The fraction of sp³-hybridized carbons (Fsp3) is 0.533. The fourth-order valence-electron chi connectivity index (χ4n) is 4.35. The van der Waals surface area contributed by atoms with E-state index in [0.29, 0.717) is 0 Å². The number of rotatable bonds is 0. The van der Waals surface area contributed by atoms with Gasteiger partial charge in [-0.2, -0.15) is 0 Å². The van der Waals surface area contributed by atoms with Crippen molar-refractivity contribution in [3.05, 3.63) is 29.3 Å². The van der Waals surface area contributed by atoms with Crippen LogP contribution in [0.2, 0.25) is 0 Å². The SMILES string of the molecule is Cc1ccc2c(c1)OC(=O)C1CC3CCCC231. The molecule has 2 saturated carbocycles. The Morgan fingerprint density at radius 2 is 2.29 bits per heavy atom. The van der Waals surface area contributed by atoms with Crippen LogP contribution in [-0.2, 0) is 10.2 Å². The van der Waals surface area contributed by atoms with Gasteiger partial charge in [-0.3, -0.25) is 4.79 Å². The van der Waals surface area contributed by atoms with Gasteiger partial charge in [0.15, 0.2) is 0 Å². The van der Waals surface area contributed by atoms with Gasteiger partial charge in [0, 0.05) is 11.0 Å². The Bertz CT molecular complexity index is 520. The molecular formula is C15H16O2. The van der Waals surface area contributed by atoms with E-state index in [-0.39, 0.29) is 17.3 Å². The summed E-state index contributed by atoms with van der Waals surface area (Å²) in [5.41, 5.74) is 2.62. The lowest BCUT2D eigenvalue weighted by Crippen LogP contribution is -2.56. The van der Waals surface area contributed by atoms with Gasteiger partial charge < -0.3 is 4.74 Å². The van der Waals surface area contributed by atoms with Crippen LogP contribution >= 0.6 is 0 Å². The third kappa shape index (κ3) is 0.998. The van der Waals surface area contributed by atoms with Crippen molar-refractivity contribution < 1.29 is 9.53 Å². The van der Waals surface area contributed by atoms with Crippen molar-refractivity contribution in [1.82, 2.24) is 0 Å². The van der Waals surface area contributed by atoms with Gasteiger partial charge in [0.05, 0.1) is 5.92 Å².